The number of hydrogen-bond donors (Lipinski definition) is 3. The zero-order valence-electron chi connectivity index (χ0n) is 14.6. The van der Waals surface area contributed by atoms with E-state index in [1.807, 2.05) is 36.4 Å². The lowest BCUT2D eigenvalue weighted by Gasteiger charge is -2.08. The number of carbonyl (C=O) groups is 1. The van der Waals surface area contributed by atoms with E-state index in [2.05, 4.69) is 20.9 Å². The van der Waals surface area contributed by atoms with Gasteiger partial charge in [0, 0.05) is 12.2 Å². The minimum Gasteiger partial charge on any atom is -0.351 e. The fourth-order valence-corrected chi connectivity index (χ4v) is 5.04. The lowest BCUT2D eigenvalue weighted by atomic mass is 10.1. The van der Waals surface area contributed by atoms with E-state index in [1.165, 1.54) is 17.8 Å². The summed E-state index contributed by atoms with van der Waals surface area (Å²) in [7, 11) is 0. The molecule has 1 amide bonds. The van der Waals surface area contributed by atoms with Crippen molar-refractivity contribution in [3.05, 3.63) is 41.3 Å². The minimum absolute atomic E-state index is 0. The summed E-state index contributed by atoms with van der Waals surface area (Å²) in [5.41, 5.74) is 1.02. The maximum Gasteiger partial charge on any atom is 0.261 e. The van der Waals surface area contributed by atoms with Gasteiger partial charge in [-0.2, -0.15) is 0 Å². The van der Waals surface area contributed by atoms with Crippen LogP contribution in [0.1, 0.15) is 22.5 Å². The molecule has 146 valence electrons. The molecule has 1 aliphatic rings. The number of rotatable bonds is 6. The summed E-state index contributed by atoms with van der Waals surface area (Å²) in [6, 6.07) is 11.9. The van der Waals surface area contributed by atoms with Crippen LogP contribution in [0.2, 0.25) is 0 Å². The quantitative estimate of drug-likeness (QED) is 0.516. The predicted molar refractivity (Wildman–Crippen MR) is 120 cm³/mol. The van der Waals surface area contributed by atoms with E-state index in [4.69, 9.17) is 0 Å². The number of carbonyl (C=O) groups excluding carboxylic acids is 1. The molecule has 3 N–H and O–H groups in total. The number of amides is 1. The molecule has 4 rings (SSSR count). The maximum atomic E-state index is 12.3. The monoisotopic (exact) mass is 444 g/mol. The molecule has 2 aromatic heterocycles. The zero-order chi connectivity index (χ0) is 17.1. The Morgan fingerprint density at radius 3 is 2.74 bits per heavy atom. The smallest absolute Gasteiger partial charge is 0.261 e. The van der Waals surface area contributed by atoms with Crippen LogP contribution < -0.4 is 16.0 Å². The molecule has 1 unspecified atom stereocenters. The van der Waals surface area contributed by atoms with Crippen molar-refractivity contribution in [3.8, 4) is 0 Å². The third-order valence-corrected chi connectivity index (χ3v) is 6.41. The van der Waals surface area contributed by atoms with Gasteiger partial charge in [-0.15, -0.1) is 36.2 Å². The van der Waals surface area contributed by atoms with Crippen LogP contribution in [0.3, 0.4) is 0 Å². The Morgan fingerprint density at radius 1 is 1.22 bits per heavy atom. The zero-order valence-corrected chi connectivity index (χ0v) is 17.8. The Kier molecular flexibility index (Phi) is 8.31. The number of halogens is 2. The average Bonchev–Trinajstić information content (AvgIpc) is 3.32. The topological polar surface area (TPSA) is 66.1 Å². The third kappa shape index (κ3) is 5.56. The molecule has 3 heterocycles. The van der Waals surface area contributed by atoms with Gasteiger partial charge in [0.25, 0.3) is 5.91 Å². The van der Waals surface area contributed by atoms with Crippen LogP contribution in [-0.4, -0.2) is 30.5 Å². The lowest BCUT2D eigenvalue weighted by molar-refractivity contribution is 0.0956. The van der Waals surface area contributed by atoms with Gasteiger partial charge in [0.1, 0.15) is 4.83 Å². The van der Waals surface area contributed by atoms with Gasteiger partial charge in [0.15, 0.2) is 5.13 Å². The van der Waals surface area contributed by atoms with Crippen molar-refractivity contribution >= 4 is 73.7 Å². The molecule has 1 saturated heterocycles. The predicted octanol–water partition coefficient (Wildman–Crippen LogP) is 4.67. The number of para-hydroxylation sites is 1. The first kappa shape index (κ1) is 21.9. The van der Waals surface area contributed by atoms with Crippen LogP contribution in [0, 0.1) is 5.92 Å². The van der Waals surface area contributed by atoms with Crippen molar-refractivity contribution in [1.29, 1.82) is 0 Å². The Bertz CT molecular complexity index is 831. The molecule has 1 aromatic carbocycles. The Hall–Kier alpha value is -1.38. The van der Waals surface area contributed by atoms with Gasteiger partial charge in [0.2, 0.25) is 0 Å². The number of thiophene rings is 1. The standard InChI is InChI=1S/C18H20N4OS2.2ClH/c23-16(20-9-7-12-6-8-19-11-12)14-10-15-17(24-14)22-18(25-15)21-13-4-2-1-3-5-13;;/h1-5,10,12,19H,6-9,11H2,(H,20,23)(H,21,22);2*1H. The second kappa shape index (κ2) is 10.2. The highest BCUT2D eigenvalue weighted by atomic mass is 35.5. The van der Waals surface area contributed by atoms with Gasteiger partial charge < -0.3 is 16.0 Å². The highest BCUT2D eigenvalue weighted by Crippen LogP contribution is 2.34. The number of aromatic nitrogens is 1. The fraction of sp³-hybridized carbons (Fsp3) is 0.333. The van der Waals surface area contributed by atoms with Crippen molar-refractivity contribution in [1.82, 2.24) is 15.6 Å². The lowest BCUT2D eigenvalue weighted by Crippen LogP contribution is -2.25. The van der Waals surface area contributed by atoms with E-state index in [0.29, 0.717) is 5.92 Å². The highest BCUT2D eigenvalue weighted by Gasteiger charge is 2.16. The van der Waals surface area contributed by atoms with Gasteiger partial charge in [-0.1, -0.05) is 29.5 Å². The molecule has 0 spiro atoms. The van der Waals surface area contributed by atoms with Crippen LogP contribution >= 0.6 is 47.5 Å². The van der Waals surface area contributed by atoms with Crippen molar-refractivity contribution in [2.75, 3.05) is 25.0 Å². The molecule has 0 radical (unpaired) electrons. The fourth-order valence-electron chi connectivity index (χ4n) is 2.98. The van der Waals surface area contributed by atoms with Gasteiger partial charge in [-0.25, -0.2) is 4.98 Å². The first-order valence-corrected chi connectivity index (χ1v) is 10.1. The molecule has 0 aliphatic carbocycles. The van der Waals surface area contributed by atoms with Crippen molar-refractivity contribution in [2.24, 2.45) is 5.92 Å². The van der Waals surface area contributed by atoms with E-state index >= 15 is 0 Å². The number of nitrogens with one attached hydrogen (secondary N) is 3. The van der Waals surface area contributed by atoms with Gasteiger partial charge in [-0.05, 0) is 50.0 Å². The number of thiazole rings is 1. The van der Waals surface area contributed by atoms with Gasteiger partial charge in [-0.3, -0.25) is 4.79 Å². The molecule has 1 aliphatic heterocycles. The second-order valence-corrected chi connectivity index (χ2v) is 8.25. The molecule has 5 nitrogen and oxygen atoms in total. The van der Waals surface area contributed by atoms with E-state index in [0.717, 1.165) is 51.3 Å². The first-order chi connectivity index (χ1) is 12.3. The molecule has 3 aromatic rings. The van der Waals surface area contributed by atoms with Crippen LogP contribution in [0.4, 0.5) is 10.8 Å². The summed E-state index contributed by atoms with van der Waals surface area (Å²) in [4.78, 5) is 18.5. The van der Waals surface area contributed by atoms with E-state index in [-0.39, 0.29) is 30.7 Å². The van der Waals surface area contributed by atoms with Crippen molar-refractivity contribution in [2.45, 2.75) is 12.8 Å². The highest BCUT2D eigenvalue weighted by molar-refractivity contribution is 7.29. The summed E-state index contributed by atoms with van der Waals surface area (Å²) in [6.45, 7) is 2.92. The Morgan fingerprint density at radius 2 is 2.04 bits per heavy atom. The number of nitrogens with zero attached hydrogens (tertiary/aromatic N) is 1. The molecule has 1 fully saturated rings. The molecular formula is C18H22Cl2N4OS2. The summed E-state index contributed by atoms with van der Waals surface area (Å²) in [5.74, 6) is 0.708. The maximum absolute atomic E-state index is 12.3. The molecule has 0 bridgehead atoms. The summed E-state index contributed by atoms with van der Waals surface area (Å²) in [6.07, 6.45) is 2.26. The summed E-state index contributed by atoms with van der Waals surface area (Å²) < 4.78 is 1.05. The SMILES string of the molecule is Cl.Cl.O=C(NCCC1CCNC1)c1cc2sc(Nc3ccccc3)nc2s1. The molecule has 0 saturated carbocycles. The second-order valence-electron chi connectivity index (χ2n) is 6.19. The summed E-state index contributed by atoms with van der Waals surface area (Å²) in [5, 5.41) is 10.5. The largest absolute Gasteiger partial charge is 0.351 e. The van der Waals surface area contributed by atoms with Crippen LogP contribution in [0.25, 0.3) is 9.53 Å². The van der Waals surface area contributed by atoms with E-state index in [9.17, 15) is 4.79 Å². The minimum atomic E-state index is 0. The Balaban J connectivity index is 0.00000131. The van der Waals surface area contributed by atoms with Gasteiger partial charge in [0.05, 0.1) is 9.58 Å². The first-order valence-electron chi connectivity index (χ1n) is 8.49. The Labute approximate surface area is 178 Å². The van der Waals surface area contributed by atoms with Crippen LogP contribution in [-0.2, 0) is 0 Å². The van der Waals surface area contributed by atoms with Crippen LogP contribution in [0.15, 0.2) is 36.4 Å². The summed E-state index contributed by atoms with van der Waals surface area (Å²) >= 11 is 3.03. The number of fused-ring (bicyclic) bond motifs is 1. The van der Waals surface area contributed by atoms with Crippen LogP contribution in [0.5, 0.6) is 0 Å². The normalized spacial score (nSPS) is 15.8. The van der Waals surface area contributed by atoms with E-state index < -0.39 is 0 Å². The third-order valence-electron chi connectivity index (χ3n) is 4.34. The number of hydrogen-bond acceptors (Lipinski definition) is 6. The van der Waals surface area contributed by atoms with E-state index in [1.54, 1.807) is 11.3 Å². The number of benzene rings is 1. The molecule has 9 heteroatoms. The molecular weight excluding hydrogens is 423 g/mol. The van der Waals surface area contributed by atoms with Crippen molar-refractivity contribution < 1.29 is 4.79 Å². The van der Waals surface area contributed by atoms with Crippen molar-refractivity contribution in [3.63, 3.8) is 0 Å². The average molecular weight is 445 g/mol. The number of anilines is 2. The van der Waals surface area contributed by atoms with Gasteiger partial charge >= 0.3 is 0 Å². The molecule has 1 atom stereocenters. The molecule has 27 heavy (non-hydrogen) atoms.